The lowest BCUT2D eigenvalue weighted by Gasteiger charge is -2.36. The molecule has 2 aliphatic rings. The van der Waals surface area contributed by atoms with E-state index in [1.165, 1.54) is 12.8 Å². The van der Waals surface area contributed by atoms with E-state index in [2.05, 4.69) is 32.0 Å². The van der Waals surface area contributed by atoms with E-state index in [-0.39, 0.29) is 6.04 Å². The number of hydrogen-bond donors (Lipinski definition) is 0. The summed E-state index contributed by atoms with van der Waals surface area (Å²) in [4.78, 5) is 13.7. The lowest BCUT2D eigenvalue weighted by atomic mass is 10.1. The van der Waals surface area contributed by atoms with E-state index in [0.717, 1.165) is 55.2 Å². The summed E-state index contributed by atoms with van der Waals surface area (Å²) in [7, 11) is 2.11. The summed E-state index contributed by atoms with van der Waals surface area (Å²) in [5, 5.41) is 4.15. The summed E-state index contributed by atoms with van der Waals surface area (Å²) < 4.78 is 11.2. The van der Waals surface area contributed by atoms with Gasteiger partial charge in [-0.3, -0.25) is 9.80 Å². The average molecular weight is 317 g/mol. The summed E-state index contributed by atoms with van der Waals surface area (Å²) >= 11 is 0. The highest BCUT2D eigenvalue weighted by Gasteiger charge is 2.34. The Labute approximate surface area is 135 Å². The first-order valence-electron chi connectivity index (χ1n) is 8.29. The quantitative estimate of drug-likeness (QED) is 0.854. The van der Waals surface area contributed by atoms with Crippen molar-refractivity contribution >= 4 is 0 Å². The Morgan fingerprint density at radius 2 is 2.00 bits per heavy atom. The van der Waals surface area contributed by atoms with Gasteiger partial charge in [-0.2, -0.15) is 4.98 Å². The lowest BCUT2D eigenvalue weighted by molar-refractivity contribution is 0.0662. The summed E-state index contributed by atoms with van der Waals surface area (Å²) in [6.07, 6.45) is 2.38. The van der Waals surface area contributed by atoms with Crippen LogP contribution in [0.15, 0.2) is 8.94 Å². The maximum absolute atomic E-state index is 5.71. The van der Waals surface area contributed by atoms with Crippen LogP contribution < -0.4 is 0 Å². The first-order valence-corrected chi connectivity index (χ1v) is 8.29. The van der Waals surface area contributed by atoms with Gasteiger partial charge in [0.15, 0.2) is 5.82 Å². The molecule has 1 saturated carbocycles. The fourth-order valence-corrected chi connectivity index (χ4v) is 3.03. The molecule has 4 rings (SSSR count). The Hall–Kier alpha value is -1.73. The molecule has 0 radical (unpaired) electrons. The van der Waals surface area contributed by atoms with Gasteiger partial charge in [-0.15, -0.1) is 0 Å². The van der Waals surface area contributed by atoms with Gasteiger partial charge in [-0.05, 0) is 33.7 Å². The third-order valence-electron chi connectivity index (χ3n) is 4.85. The van der Waals surface area contributed by atoms with Crippen molar-refractivity contribution in [2.24, 2.45) is 0 Å². The third kappa shape index (κ3) is 3.03. The molecule has 2 fully saturated rings. The molecule has 0 bridgehead atoms. The van der Waals surface area contributed by atoms with Gasteiger partial charge in [0.2, 0.25) is 11.8 Å². The van der Waals surface area contributed by atoms with E-state index in [4.69, 9.17) is 8.94 Å². The maximum Gasteiger partial charge on any atom is 0.245 e. The highest BCUT2D eigenvalue weighted by atomic mass is 16.5. The first kappa shape index (κ1) is 14.8. The molecular weight excluding hydrogens is 294 g/mol. The fourth-order valence-electron chi connectivity index (χ4n) is 3.03. The minimum atomic E-state index is 0.140. The van der Waals surface area contributed by atoms with Crippen molar-refractivity contribution in [1.29, 1.82) is 0 Å². The minimum absolute atomic E-state index is 0.140. The van der Waals surface area contributed by atoms with Crippen LogP contribution in [0.4, 0.5) is 0 Å². The zero-order chi connectivity index (χ0) is 16.0. The summed E-state index contributed by atoms with van der Waals surface area (Å²) in [5.41, 5.74) is 0.969. The number of piperazine rings is 1. The van der Waals surface area contributed by atoms with Gasteiger partial charge in [0.05, 0.1) is 12.2 Å². The maximum atomic E-state index is 5.71. The van der Waals surface area contributed by atoms with Crippen LogP contribution in [0.25, 0.3) is 0 Å². The summed E-state index contributed by atoms with van der Waals surface area (Å²) in [6, 6.07) is 0.140. The van der Waals surface area contributed by atoms with Crippen molar-refractivity contribution in [3.63, 3.8) is 0 Å². The average Bonchev–Trinajstić information content (AvgIpc) is 3.17. The molecule has 1 atom stereocenters. The molecule has 2 aromatic heterocycles. The van der Waals surface area contributed by atoms with E-state index < -0.39 is 0 Å². The number of hydrogen-bond acceptors (Lipinski definition) is 7. The molecular formula is C16H23N5O2. The molecule has 1 aliphatic heterocycles. The second-order valence-electron chi connectivity index (χ2n) is 6.75. The Morgan fingerprint density at radius 1 is 1.17 bits per heavy atom. The lowest BCUT2D eigenvalue weighted by Crippen LogP contribution is -2.46. The smallest absolute Gasteiger partial charge is 0.245 e. The Bertz CT molecular complexity index is 671. The second-order valence-corrected chi connectivity index (χ2v) is 6.75. The van der Waals surface area contributed by atoms with Gasteiger partial charge in [0.25, 0.3) is 0 Å². The molecule has 3 heterocycles. The molecule has 7 heteroatoms. The highest BCUT2D eigenvalue weighted by Crippen LogP contribution is 2.38. The number of nitrogens with zero attached hydrogens (tertiary/aromatic N) is 5. The summed E-state index contributed by atoms with van der Waals surface area (Å²) in [5.74, 6) is 3.82. The van der Waals surface area contributed by atoms with E-state index in [1.54, 1.807) is 0 Å². The van der Waals surface area contributed by atoms with Crippen LogP contribution in [0, 0.1) is 13.8 Å². The highest BCUT2D eigenvalue weighted by molar-refractivity contribution is 5.07. The Kier molecular flexibility index (Phi) is 3.69. The van der Waals surface area contributed by atoms with Crippen molar-refractivity contribution in [3.8, 4) is 0 Å². The molecule has 7 nitrogen and oxygen atoms in total. The zero-order valence-electron chi connectivity index (χ0n) is 13.9. The van der Waals surface area contributed by atoms with E-state index in [0.29, 0.717) is 5.92 Å². The number of rotatable bonds is 4. The van der Waals surface area contributed by atoms with Crippen LogP contribution in [-0.4, -0.2) is 51.6 Å². The predicted octanol–water partition coefficient (Wildman–Crippen LogP) is 2.04. The van der Waals surface area contributed by atoms with Crippen molar-refractivity contribution in [3.05, 3.63) is 29.1 Å². The van der Waals surface area contributed by atoms with Gasteiger partial charge in [-0.1, -0.05) is 5.16 Å². The van der Waals surface area contributed by atoms with Crippen molar-refractivity contribution in [1.82, 2.24) is 24.9 Å². The van der Waals surface area contributed by atoms with Crippen LogP contribution in [0.3, 0.4) is 0 Å². The van der Waals surface area contributed by atoms with E-state index in [9.17, 15) is 0 Å². The molecule has 124 valence electrons. The van der Waals surface area contributed by atoms with E-state index >= 15 is 0 Å². The van der Waals surface area contributed by atoms with Crippen LogP contribution in [0.5, 0.6) is 0 Å². The standard InChI is InChI=1S/C16H23N5O2/c1-10-11(2)22-14(17-10)9-21-7-6-20(3)13(8-21)16-18-15(19-23-16)12-4-5-12/h12-13H,4-9H2,1-3H3/t13-/m0/s1. The van der Waals surface area contributed by atoms with Crippen LogP contribution in [0.1, 0.15) is 53.9 Å². The Morgan fingerprint density at radius 3 is 2.70 bits per heavy atom. The molecule has 0 N–H and O–H groups in total. The first-order chi connectivity index (χ1) is 11.1. The predicted molar refractivity (Wildman–Crippen MR) is 82.9 cm³/mol. The molecule has 0 unspecified atom stereocenters. The number of likely N-dealkylation sites (N-methyl/N-ethyl adjacent to an activating group) is 1. The summed E-state index contributed by atoms with van der Waals surface area (Å²) in [6.45, 7) is 7.46. The normalized spacial score (nSPS) is 23.5. The van der Waals surface area contributed by atoms with Crippen molar-refractivity contribution in [2.75, 3.05) is 26.7 Å². The zero-order valence-corrected chi connectivity index (χ0v) is 13.9. The molecule has 2 aromatic rings. The monoisotopic (exact) mass is 317 g/mol. The van der Waals surface area contributed by atoms with Crippen LogP contribution >= 0.6 is 0 Å². The number of aryl methyl sites for hydroxylation is 2. The third-order valence-corrected chi connectivity index (χ3v) is 4.85. The van der Waals surface area contributed by atoms with Crippen molar-refractivity contribution in [2.45, 2.75) is 45.2 Å². The van der Waals surface area contributed by atoms with Crippen LogP contribution in [-0.2, 0) is 6.54 Å². The molecule has 0 aromatic carbocycles. The molecule has 1 saturated heterocycles. The second kappa shape index (κ2) is 5.72. The largest absolute Gasteiger partial charge is 0.444 e. The van der Waals surface area contributed by atoms with Gasteiger partial charge in [-0.25, -0.2) is 4.98 Å². The molecule has 0 spiro atoms. The SMILES string of the molecule is Cc1nc(CN2CCN(C)[C@H](c3nc(C4CC4)no3)C2)oc1C. The van der Waals surface area contributed by atoms with Gasteiger partial charge < -0.3 is 8.94 Å². The Balaban J connectivity index is 1.46. The number of aromatic nitrogens is 3. The molecule has 1 aliphatic carbocycles. The van der Waals surface area contributed by atoms with E-state index in [1.807, 2.05) is 13.8 Å². The fraction of sp³-hybridized carbons (Fsp3) is 0.688. The van der Waals surface area contributed by atoms with Crippen LogP contribution in [0.2, 0.25) is 0 Å². The molecule has 0 amide bonds. The molecule has 23 heavy (non-hydrogen) atoms. The van der Waals surface area contributed by atoms with Crippen molar-refractivity contribution < 1.29 is 8.94 Å². The van der Waals surface area contributed by atoms with Gasteiger partial charge in [0.1, 0.15) is 11.8 Å². The van der Waals surface area contributed by atoms with Gasteiger partial charge >= 0.3 is 0 Å². The number of oxazole rings is 1. The topological polar surface area (TPSA) is 71.4 Å². The minimum Gasteiger partial charge on any atom is -0.444 e. The van der Waals surface area contributed by atoms with Gasteiger partial charge in [0, 0.05) is 25.6 Å².